The Labute approximate surface area is 195 Å². The molecule has 1 aromatic carbocycles. The molecule has 1 fully saturated rings. The van der Waals surface area contributed by atoms with Gasteiger partial charge < -0.3 is 21.5 Å². The van der Waals surface area contributed by atoms with Crippen molar-refractivity contribution in [1.82, 2.24) is 20.3 Å². The molecule has 0 spiro atoms. The van der Waals surface area contributed by atoms with Crippen LogP contribution in [0.3, 0.4) is 0 Å². The van der Waals surface area contributed by atoms with E-state index in [9.17, 15) is 13.2 Å². The third-order valence-corrected chi connectivity index (χ3v) is 9.18. The summed E-state index contributed by atoms with van der Waals surface area (Å²) in [5.74, 6) is 0.484. The molecular formula is C21H24N6O4S2. The number of urea groups is 1. The maximum Gasteiger partial charge on any atom is 0.319 e. The van der Waals surface area contributed by atoms with Crippen LogP contribution in [0.25, 0.3) is 11.4 Å². The van der Waals surface area contributed by atoms with Gasteiger partial charge in [0.05, 0.1) is 5.69 Å². The number of nitrogens with one attached hydrogen (secondary N) is 2. The molecule has 1 aliphatic carbocycles. The van der Waals surface area contributed by atoms with Gasteiger partial charge >= 0.3 is 6.03 Å². The van der Waals surface area contributed by atoms with Crippen LogP contribution in [-0.4, -0.2) is 47.7 Å². The van der Waals surface area contributed by atoms with Gasteiger partial charge in [-0.25, -0.2) is 28.2 Å². The third kappa shape index (κ3) is 4.68. The number of nitrogens with zero attached hydrogens (tertiary/aromatic N) is 3. The normalized spacial score (nSPS) is 14.6. The zero-order chi connectivity index (χ0) is 23.6. The fourth-order valence-corrected chi connectivity index (χ4v) is 6.65. The zero-order valence-corrected chi connectivity index (χ0v) is 19.5. The van der Waals surface area contributed by atoms with Crippen molar-refractivity contribution in [2.45, 2.75) is 35.3 Å². The van der Waals surface area contributed by atoms with Gasteiger partial charge in [0, 0.05) is 41.5 Å². The lowest BCUT2D eigenvalue weighted by atomic mass is 10.1. The number of carbonyl (C=O) groups excluding carboxylic acids is 1. The van der Waals surface area contributed by atoms with Gasteiger partial charge in [-0.2, -0.15) is 0 Å². The van der Waals surface area contributed by atoms with Crippen LogP contribution < -0.4 is 16.4 Å². The van der Waals surface area contributed by atoms with Gasteiger partial charge in [0.1, 0.15) is 10.6 Å². The van der Waals surface area contributed by atoms with Crippen LogP contribution >= 0.6 is 11.3 Å². The lowest BCUT2D eigenvalue weighted by Gasteiger charge is -2.15. The highest BCUT2D eigenvalue weighted by atomic mass is 32.2. The number of thiazole rings is 1. The summed E-state index contributed by atoms with van der Waals surface area (Å²) < 4.78 is 25.6. The molecule has 0 atom stereocenters. The number of carbonyl (C=O) groups is 1. The molecule has 1 aliphatic rings. The molecular weight excluding hydrogens is 464 g/mol. The summed E-state index contributed by atoms with van der Waals surface area (Å²) in [6, 6.07) is 7.96. The summed E-state index contributed by atoms with van der Waals surface area (Å²) in [4.78, 5) is 24.9. The molecule has 3 aromatic rings. The Kier molecular flexibility index (Phi) is 6.32. The summed E-state index contributed by atoms with van der Waals surface area (Å²) in [5, 5.41) is 15.8. The van der Waals surface area contributed by atoms with Gasteiger partial charge in [0.2, 0.25) is 14.2 Å². The largest absolute Gasteiger partial charge is 0.396 e. The van der Waals surface area contributed by atoms with Gasteiger partial charge in [-0.3, -0.25) is 0 Å². The van der Waals surface area contributed by atoms with Crippen LogP contribution in [0.2, 0.25) is 0 Å². The average molecular weight is 489 g/mol. The Morgan fingerprint density at radius 2 is 1.94 bits per heavy atom. The van der Waals surface area contributed by atoms with E-state index < -0.39 is 14.6 Å². The maximum atomic E-state index is 13.3. The summed E-state index contributed by atoms with van der Waals surface area (Å²) in [6.07, 6.45) is 1.36. The van der Waals surface area contributed by atoms with Crippen molar-refractivity contribution in [1.29, 1.82) is 0 Å². The second-order valence-corrected chi connectivity index (χ2v) is 11.1. The molecule has 0 unspecified atom stereocenters. The number of nitrogens with two attached hydrogens (primary N) is 1. The number of aryl methyl sites for hydroxylation is 1. The molecule has 4 rings (SSSR count). The van der Waals surface area contributed by atoms with Crippen LogP contribution in [0.4, 0.5) is 16.3 Å². The topological polar surface area (TPSA) is 160 Å². The van der Waals surface area contributed by atoms with Crippen molar-refractivity contribution in [3.05, 3.63) is 47.1 Å². The Balaban J connectivity index is 1.58. The minimum Gasteiger partial charge on any atom is -0.396 e. The Bertz CT molecular complexity index is 1270. The quantitative estimate of drug-likeness (QED) is 0.352. The van der Waals surface area contributed by atoms with E-state index >= 15 is 0 Å². The predicted octanol–water partition coefficient (Wildman–Crippen LogP) is 2.46. The molecule has 174 valence electrons. The number of nitrogen functional groups attached to an aromatic ring is 1. The van der Waals surface area contributed by atoms with Gasteiger partial charge in [0.15, 0.2) is 5.82 Å². The number of sulfone groups is 1. The maximum absolute atomic E-state index is 13.3. The molecule has 0 saturated heterocycles. The minimum atomic E-state index is -3.71. The van der Waals surface area contributed by atoms with E-state index in [-0.39, 0.29) is 22.8 Å². The zero-order valence-electron chi connectivity index (χ0n) is 17.9. The number of amides is 2. The van der Waals surface area contributed by atoms with E-state index in [1.807, 2.05) is 0 Å². The minimum absolute atomic E-state index is 0.00321. The van der Waals surface area contributed by atoms with E-state index in [0.717, 1.165) is 11.3 Å². The molecule has 0 aliphatic heterocycles. The highest BCUT2D eigenvalue weighted by molar-refractivity contribution is 7.94. The second-order valence-electron chi connectivity index (χ2n) is 7.79. The van der Waals surface area contributed by atoms with Crippen molar-refractivity contribution >= 4 is 38.7 Å². The highest BCUT2D eigenvalue weighted by Crippen LogP contribution is 2.55. The van der Waals surface area contributed by atoms with E-state index in [4.69, 9.17) is 10.8 Å². The molecule has 0 radical (unpaired) electrons. The Morgan fingerprint density at radius 1 is 1.21 bits per heavy atom. The highest BCUT2D eigenvalue weighted by Gasteiger charge is 2.59. The number of aliphatic hydroxyl groups excluding tert-OH is 1. The van der Waals surface area contributed by atoms with Crippen molar-refractivity contribution in [3.8, 4) is 11.4 Å². The lowest BCUT2D eigenvalue weighted by molar-refractivity contribution is 0.249. The SMILES string of the molecule is Cc1csc(S(=O)(=O)C2(c3cc(N)nc(-c4ccc(NC(=O)NCCCO)cc4)n3)CC2)n1. The number of rotatable bonds is 8. The first-order chi connectivity index (χ1) is 15.7. The first-order valence-corrected chi connectivity index (χ1v) is 12.7. The van der Waals surface area contributed by atoms with Gasteiger partial charge in [-0.05, 0) is 50.5 Å². The number of benzene rings is 1. The van der Waals surface area contributed by atoms with E-state index in [2.05, 4.69) is 25.6 Å². The van der Waals surface area contributed by atoms with Gasteiger partial charge in [-0.15, -0.1) is 11.3 Å². The summed E-state index contributed by atoms with van der Waals surface area (Å²) in [6.45, 7) is 2.13. The fraction of sp³-hybridized carbons (Fsp3) is 0.333. The molecule has 12 heteroatoms. The Morgan fingerprint density at radius 3 is 2.55 bits per heavy atom. The molecule has 2 amide bonds. The molecule has 10 nitrogen and oxygen atoms in total. The molecule has 1 saturated carbocycles. The monoisotopic (exact) mass is 488 g/mol. The number of hydrogen-bond acceptors (Lipinski definition) is 9. The Hall–Kier alpha value is -3.09. The standard InChI is InChI=1S/C21H24N6O4S2/c1-13-12-32-20(24-13)33(30,31)21(7-8-21)16-11-17(22)27-18(26-16)14-3-5-15(6-4-14)25-19(29)23-9-2-10-28/h3-6,11-12,28H,2,7-10H2,1H3,(H2,22,26,27)(H2,23,25,29). The number of anilines is 2. The van der Waals surface area contributed by atoms with Crippen molar-refractivity contribution in [2.24, 2.45) is 0 Å². The predicted molar refractivity (Wildman–Crippen MR) is 126 cm³/mol. The van der Waals surface area contributed by atoms with Crippen LogP contribution in [0, 0.1) is 6.92 Å². The number of aromatic nitrogens is 3. The van der Waals surface area contributed by atoms with Crippen molar-refractivity contribution in [2.75, 3.05) is 24.2 Å². The van der Waals surface area contributed by atoms with Gasteiger partial charge in [0.25, 0.3) is 0 Å². The first-order valence-electron chi connectivity index (χ1n) is 10.3. The molecule has 2 aromatic heterocycles. The summed E-state index contributed by atoms with van der Waals surface area (Å²) in [5.41, 5.74) is 8.24. The fourth-order valence-electron chi connectivity index (χ4n) is 3.39. The van der Waals surface area contributed by atoms with Crippen LogP contribution in [0.1, 0.15) is 30.7 Å². The van der Waals surface area contributed by atoms with Crippen LogP contribution in [0.5, 0.6) is 0 Å². The number of hydrogen-bond donors (Lipinski definition) is 4. The second kappa shape index (κ2) is 9.04. The van der Waals surface area contributed by atoms with Crippen molar-refractivity contribution in [3.63, 3.8) is 0 Å². The molecule has 33 heavy (non-hydrogen) atoms. The average Bonchev–Trinajstić information content (AvgIpc) is 3.49. The molecule has 5 N–H and O–H groups in total. The molecule has 0 bridgehead atoms. The van der Waals surface area contributed by atoms with Crippen LogP contribution in [0.15, 0.2) is 40.1 Å². The number of aliphatic hydroxyl groups is 1. The van der Waals surface area contributed by atoms with E-state index in [0.29, 0.717) is 54.3 Å². The summed E-state index contributed by atoms with van der Waals surface area (Å²) in [7, 11) is -3.71. The molecule has 2 heterocycles. The van der Waals surface area contributed by atoms with Gasteiger partial charge in [-0.1, -0.05) is 0 Å². The van der Waals surface area contributed by atoms with E-state index in [1.54, 1.807) is 36.6 Å². The summed E-state index contributed by atoms with van der Waals surface area (Å²) >= 11 is 1.11. The lowest BCUT2D eigenvalue weighted by Crippen LogP contribution is -2.29. The smallest absolute Gasteiger partial charge is 0.319 e. The van der Waals surface area contributed by atoms with E-state index in [1.165, 1.54) is 6.07 Å². The van der Waals surface area contributed by atoms with Crippen molar-refractivity contribution < 1.29 is 18.3 Å². The van der Waals surface area contributed by atoms with Crippen LogP contribution in [-0.2, 0) is 14.6 Å². The first kappa shape index (κ1) is 23.1. The third-order valence-electron chi connectivity index (χ3n) is 5.28.